The van der Waals surface area contributed by atoms with Crippen LogP contribution in [0.15, 0.2) is 18.2 Å². The highest BCUT2D eigenvalue weighted by molar-refractivity contribution is 5.98. The van der Waals surface area contributed by atoms with Crippen LogP contribution in [-0.2, 0) is 0 Å². The molecule has 0 radical (unpaired) electrons. The number of nitrogens with two attached hydrogens (primary N) is 1. The average Bonchev–Trinajstić information content (AvgIpc) is 2.40. The molecule has 4 heteroatoms. The van der Waals surface area contributed by atoms with Crippen molar-refractivity contribution in [2.24, 2.45) is 0 Å². The van der Waals surface area contributed by atoms with Crippen molar-refractivity contribution in [3.63, 3.8) is 0 Å². The molecule has 1 aromatic rings. The summed E-state index contributed by atoms with van der Waals surface area (Å²) in [5.74, 6) is 0.447. The molecule has 0 aliphatic rings. The minimum absolute atomic E-state index is 0.0447. The Labute approximate surface area is 115 Å². The van der Waals surface area contributed by atoms with Crippen molar-refractivity contribution in [2.45, 2.75) is 39.7 Å². The molecule has 1 unspecified atom stereocenters. The zero-order chi connectivity index (χ0) is 14.4. The Balaban J connectivity index is 3.02. The van der Waals surface area contributed by atoms with Gasteiger partial charge < -0.3 is 15.4 Å². The molecular weight excluding hydrogens is 240 g/mol. The van der Waals surface area contributed by atoms with Gasteiger partial charge in [-0.2, -0.15) is 0 Å². The van der Waals surface area contributed by atoms with Gasteiger partial charge in [-0.25, -0.2) is 0 Å². The van der Waals surface area contributed by atoms with Gasteiger partial charge in [0.1, 0.15) is 0 Å². The van der Waals surface area contributed by atoms with Crippen LogP contribution in [0.4, 0.5) is 5.69 Å². The van der Waals surface area contributed by atoms with Crippen molar-refractivity contribution in [2.75, 3.05) is 19.4 Å². The molecule has 0 aromatic heterocycles. The number of benzene rings is 1. The van der Waals surface area contributed by atoms with Gasteiger partial charge in [-0.3, -0.25) is 4.79 Å². The minimum Gasteiger partial charge on any atom is -0.491 e. The topological polar surface area (TPSA) is 55.6 Å². The Kier molecular flexibility index (Phi) is 5.67. The van der Waals surface area contributed by atoms with Gasteiger partial charge in [-0.1, -0.05) is 19.4 Å². The molecule has 4 nitrogen and oxygen atoms in total. The highest BCUT2D eigenvalue weighted by Gasteiger charge is 2.21. The van der Waals surface area contributed by atoms with Crippen LogP contribution >= 0.6 is 0 Å². The molecule has 0 saturated heterocycles. The molecule has 19 heavy (non-hydrogen) atoms. The highest BCUT2D eigenvalue weighted by atomic mass is 16.5. The van der Waals surface area contributed by atoms with Crippen molar-refractivity contribution in [1.29, 1.82) is 0 Å². The number of para-hydroxylation sites is 1. The van der Waals surface area contributed by atoms with Crippen LogP contribution in [0.5, 0.6) is 5.75 Å². The van der Waals surface area contributed by atoms with Gasteiger partial charge in [0.2, 0.25) is 0 Å². The standard InChI is InChI=1S/C15H24N2O2/c1-5-8-11(3)17(4)15(18)12-9-7-10-13(16)14(12)19-6-2/h7,9-11H,5-6,8,16H2,1-4H3. The first-order chi connectivity index (χ1) is 9.02. The molecule has 0 heterocycles. The number of carbonyl (C=O) groups excluding carboxylic acids is 1. The van der Waals surface area contributed by atoms with E-state index >= 15 is 0 Å². The highest BCUT2D eigenvalue weighted by Crippen LogP contribution is 2.28. The molecule has 1 amide bonds. The number of hydrogen-bond acceptors (Lipinski definition) is 3. The molecule has 1 aromatic carbocycles. The summed E-state index contributed by atoms with van der Waals surface area (Å²) in [5.41, 5.74) is 6.92. The van der Waals surface area contributed by atoms with E-state index in [1.165, 1.54) is 0 Å². The van der Waals surface area contributed by atoms with Gasteiger partial charge >= 0.3 is 0 Å². The van der Waals surface area contributed by atoms with Crippen LogP contribution in [0, 0.1) is 0 Å². The van der Waals surface area contributed by atoms with Crippen LogP contribution in [0.25, 0.3) is 0 Å². The largest absolute Gasteiger partial charge is 0.491 e. The summed E-state index contributed by atoms with van der Waals surface area (Å²) >= 11 is 0. The summed E-state index contributed by atoms with van der Waals surface area (Å²) < 4.78 is 5.51. The molecular formula is C15H24N2O2. The van der Waals surface area contributed by atoms with Crippen molar-refractivity contribution in [3.05, 3.63) is 23.8 Å². The van der Waals surface area contributed by atoms with Gasteiger partial charge in [0.15, 0.2) is 5.75 Å². The van der Waals surface area contributed by atoms with Crippen molar-refractivity contribution in [3.8, 4) is 5.75 Å². The summed E-state index contributed by atoms with van der Waals surface area (Å²) in [6, 6.07) is 5.49. The van der Waals surface area contributed by atoms with E-state index in [9.17, 15) is 4.79 Å². The third-order valence-corrected chi connectivity index (χ3v) is 3.25. The third kappa shape index (κ3) is 3.63. The van der Waals surface area contributed by atoms with Crippen LogP contribution in [0.1, 0.15) is 44.0 Å². The van der Waals surface area contributed by atoms with E-state index in [2.05, 4.69) is 6.92 Å². The van der Waals surface area contributed by atoms with Crippen LogP contribution in [0.3, 0.4) is 0 Å². The first-order valence-corrected chi connectivity index (χ1v) is 6.81. The molecule has 0 fully saturated rings. The lowest BCUT2D eigenvalue weighted by Gasteiger charge is -2.25. The molecule has 0 spiro atoms. The molecule has 1 atom stereocenters. The summed E-state index contributed by atoms with van der Waals surface area (Å²) in [6.45, 7) is 6.53. The molecule has 106 valence electrons. The lowest BCUT2D eigenvalue weighted by molar-refractivity contribution is 0.0732. The number of ether oxygens (including phenoxy) is 1. The zero-order valence-electron chi connectivity index (χ0n) is 12.3. The quantitative estimate of drug-likeness (QED) is 0.804. The number of hydrogen-bond donors (Lipinski definition) is 1. The second-order valence-corrected chi connectivity index (χ2v) is 4.71. The normalized spacial score (nSPS) is 12.0. The van der Waals surface area contributed by atoms with Gasteiger partial charge in [-0.15, -0.1) is 0 Å². The molecule has 0 aliphatic heterocycles. The lowest BCUT2D eigenvalue weighted by Crippen LogP contribution is -2.35. The predicted octanol–water partition coefficient (Wildman–Crippen LogP) is 2.93. The Hall–Kier alpha value is -1.71. The first kappa shape index (κ1) is 15.3. The molecule has 0 aliphatic carbocycles. The monoisotopic (exact) mass is 264 g/mol. The van der Waals surface area contributed by atoms with Crippen LogP contribution < -0.4 is 10.5 Å². The maximum atomic E-state index is 12.5. The Morgan fingerprint density at radius 3 is 2.68 bits per heavy atom. The summed E-state index contributed by atoms with van der Waals surface area (Å²) in [6.07, 6.45) is 2.03. The van der Waals surface area contributed by atoms with E-state index in [0.717, 1.165) is 12.8 Å². The summed E-state index contributed by atoms with van der Waals surface area (Å²) in [4.78, 5) is 14.2. The van der Waals surface area contributed by atoms with E-state index in [1.807, 2.05) is 20.9 Å². The Morgan fingerprint density at radius 1 is 1.42 bits per heavy atom. The maximum absolute atomic E-state index is 12.5. The minimum atomic E-state index is -0.0447. The van der Waals surface area contributed by atoms with E-state index in [-0.39, 0.29) is 11.9 Å². The third-order valence-electron chi connectivity index (χ3n) is 3.25. The first-order valence-electron chi connectivity index (χ1n) is 6.81. The number of anilines is 1. The van der Waals surface area contributed by atoms with Gasteiger partial charge in [0.05, 0.1) is 17.9 Å². The van der Waals surface area contributed by atoms with Gasteiger partial charge in [0, 0.05) is 13.1 Å². The van der Waals surface area contributed by atoms with Crippen LogP contribution in [-0.4, -0.2) is 30.5 Å². The second kappa shape index (κ2) is 7.02. The average molecular weight is 264 g/mol. The molecule has 2 N–H and O–H groups in total. The number of rotatable bonds is 6. The fraction of sp³-hybridized carbons (Fsp3) is 0.533. The fourth-order valence-corrected chi connectivity index (χ4v) is 2.03. The fourth-order valence-electron chi connectivity index (χ4n) is 2.03. The zero-order valence-corrected chi connectivity index (χ0v) is 12.3. The number of amides is 1. The van der Waals surface area contributed by atoms with Gasteiger partial charge in [-0.05, 0) is 32.4 Å². The SMILES string of the molecule is CCCC(C)N(C)C(=O)c1cccc(N)c1OCC. The van der Waals surface area contributed by atoms with E-state index < -0.39 is 0 Å². The maximum Gasteiger partial charge on any atom is 0.257 e. The van der Waals surface area contributed by atoms with Crippen molar-refractivity contribution in [1.82, 2.24) is 4.90 Å². The summed E-state index contributed by atoms with van der Waals surface area (Å²) in [5, 5.41) is 0. The number of carbonyl (C=O) groups is 1. The van der Waals surface area contributed by atoms with Gasteiger partial charge in [0.25, 0.3) is 5.91 Å². The second-order valence-electron chi connectivity index (χ2n) is 4.71. The van der Waals surface area contributed by atoms with E-state index in [0.29, 0.717) is 23.6 Å². The molecule has 1 rings (SSSR count). The van der Waals surface area contributed by atoms with E-state index in [4.69, 9.17) is 10.5 Å². The smallest absolute Gasteiger partial charge is 0.257 e. The predicted molar refractivity (Wildman–Crippen MR) is 78.5 cm³/mol. The molecule has 0 saturated carbocycles. The Bertz CT molecular complexity index is 432. The van der Waals surface area contributed by atoms with E-state index in [1.54, 1.807) is 23.1 Å². The van der Waals surface area contributed by atoms with Crippen molar-refractivity contribution >= 4 is 11.6 Å². The molecule has 0 bridgehead atoms. The van der Waals surface area contributed by atoms with Crippen LogP contribution in [0.2, 0.25) is 0 Å². The summed E-state index contributed by atoms with van der Waals surface area (Å²) in [7, 11) is 1.82. The number of nitrogens with zero attached hydrogens (tertiary/aromatic N) is 1. The van der Waals surface area contributed by atoms with Crippen molar-refractivity contribution < 1.29 is 9.53 Å². The number of nitrogen functional groups attached to an aromatic ring is 1. The Morgan fingerprint density at radius 2 is 2.11 bits per heavy atom. The lowest BCUT2D eigenvalue weighted by atomic mass is 10.1.